The molecule has 6 heteroatoms. The summed E-state index contributed by atoms with van der Waals surface area (Å²) in [5.74, 6) is -0.385. The third-order valence-corrected chi connectivity index (χ3v) is 5.13. The van der Waals surface area contributed by atoms with E-state index >= 15 is 0 Å². The zero-order chi connectivity index (χ0) is 19.5. The van der Waals surface area contributed by atoms with E-state index in [-0.39, 0.29) is 17.4 Å². The summed E-state index contributed by atoms with van der Waals surface area (Å²) in [5.41, 5.74) is 3.18. The third kappa shape index (κ3) is 3.57. The molecule has 0 radical (unpaired) electrons. The first-order valence-electron chi connectivity index (χ1n) is 8.91. The molecule has 0 fully saturated rings. The van der Waals surface area contributed by atoms with Crippen molar-refractivity contribution in [1.82, 2.24) is 15.3 Å². The number of carbonyl (C=O) groups is 1. The Bertz CT molecular complexity index is 1180. The summed E-state index contributed by atoms with van der Waals surface area (Å²) in [6.45, 7) is 0.365. The first-order chi connectivity index (χ1) is 13.6. The van der Waals surface area contributed by atoms with Crippen LogP contribution in [-0.2, 0) is 0 Å². The molecular weight excluding hydrogens is 374 g/mol. The van der Waals surface area contributed by atoms with E-state index in [1.54, 1.807) is 0 Å². The van der Waals surface area contributed by atoms with Gasteiger partial charge in [-0.1, -0.05) is 48.0 Å². The number of para-hydroxylation sites is 1. The summed E-state index contributed by atoms with van der Waals surface area (Å²) in [6.07, 6.45) is 3.37. The second-order valence-corrected chi connectivity index (χ2v) is 6.92. The molecule has 0 saturated heterocycles. The maximum absolute atomic E-state index is 12.5. The molecule has 0 spiro atoms. The molecule has 2 aromatic carbocycles. The van der Waals surface area contributed by atoms with Crippen LogP contribution in [0.4, 0.5) is 0 Å². The van der Waals surface area contributed by atoms with E-state index in [0.29, 0.717) is 17.1 Å². The molecule has 4 rings (SSSR count). The fourth-order valence-corrected chi connectivity index (χ4v) is 3.64. The van der Waals surface area contributed by atoms with E-state index in [1.807, 2.05) is 48.7 Å². The van der Waals surface area contributed by atoms with Gasteiger partial charge in [0.25, 0.3) is 5.91 Å². The van der Waals surface area contributed by atoms with Gasteiger partial charge in [0.15, 0.2) is 0 Å². The van der Waals surface area contributed by atoms with Crippen LogP contribution in [0.1, 0.15) is 27.4 Å². The third-order valence-electron chi connectivity index (χ3n) is 4.79. The van der Waals surface area contributed by atoms with Gasteiger partial charge in [0.05, 0.1) is 5.56 Å². The Labute approximate surface area is 166 Å². The number of fused-ring (bicyclic) bond motifs is 1. The number of H-pyrrole nitrogens is 2. The van der Waals surface area contributed by atoms with Crippen molar-refractivity contribution in [2.45, 2.75) is 5.92 Å². The van der Waals surface area contributed by atoms with Crippen molar-refractivity contribution in [2.75, 3.05) is 6.54 Å². The number of pyridine rings is 1. The molecule has 2 heterocycles. The minimum absolute atomic E-state index is 0.128. The second kappa shape index (κ2) is 7.74. The maximum atomic E-state index is 12.5. The zero-order valence-corrected chi connectivity index (χ0v) is 15.7. The zero-order valence-electron chi connectivity index (χ0n) is 14.9. The van der Waals surface area contributed by atoms with Crippen LogP contribution < -0.4 is 10.9 Å². The Morgan fingerprint density at radius 2 is 1.71 bits per heavy atom. The molecule has 0 aliphatic carbocycles. The number of hydrogen-bond acceptors (Lipinski definition) is 2. The Morgan fingerprint density at radius 3 is 2.50 bits per heavy atom. The molecule has 0 aliphatic heterocycles. The summed E-state index contributed by atoms with van der Waals surface area (Å²) in [5, 5.41) is 4.70. The molecule has 1 unspecified atom stereocenters. The number of aromatic amines is 2. The molecule has 28 heavy (non-hydrogen) atoms. The van der Waals surface area contributed by atoms with E-state index in [4.69, 9.17) is 11.6 Å². The average molecular weight is 392 g/mol. The van der Waals surface area contributed by atoms with E-state index in [0.717, 1.165) is 22.0 Å². The summed E-state index contributed by atoms with van der Waals surface area (Å²) < 4.78 is 0. The van der Waals surface area contributed by atoms with Crippen molar-refractivity contribution >= 4 is 28.4 Å². The highest BCUT2D eigenvalue weighted by molar-refractivity contribution is 6.31. The van der Waals surface area contributed by atoms with Gasteiger partial charge < -0.3 is 15.3 Å². The molecule has 0 saturated carbocycles. The first-order valence-corrected chi connectivity index (χ1v) is 9.28. The van der Waals surface area contributed by atoms with Gasteiger partial charge in [-0.15, -0.1) is 0 Å². The largest absolute Gasteiger partial charge is 0.361 e. The monoisotopic (exact) mass is 391 g/mol. The van der Waals surface area contributed by atoms with Crippen molar-refractivity contribution in [2.24, 2.45) is 0 Å². The van der Waals surface area contributed by atoms with E-state index in [9.17, 15) is 9.59 Å². The number of carbonyl (C=O) groups excluding carboxylic acids is 1. The van der Waals surface area contributed by atoms with Crippen LogP contribution in [0, 0.1) is 0 Å². The Morgan fingerprint density at radius 1 is 0.929 bits per heavy atom. The van der Waals surface area contributed by atoms with Crippen molar-refractivity contribution < 1.29 is 4.79 Å². The van der Waals surface area contributed by atoms with Crippen molar-refractivity contribution in [1.29, 1.82) is 0 Å². The van der Waals surface area contributed by atoms with Crippen molar-refractivity contribution in [3.05, 3.63) is 105 Å². The topological polar surface area (TPSA) is 77.8 Å². The van der Waals surface area contributed by atoms with E-state index < -0.39 is 0 Å². The van der Waals surface area contributed by atoms with Crippen LogP contribution in [0.15, 0.2) is 77.9 Å². The Hall–Kier alpha value is -3.31. The van der Waals surface area contributed by atoms with Gasteiger partial charge in [0, 0.05) is 46.8 Å². The number of benzene rings is 2. The van der Waals surface area contributed by atoms with Gasteiger partial charge in [0.2, 0.25) is 5.56 Å². The highest BCUT2D eigenvalue weighted by Crippen LogP contribution is 2.34. The molecule has 0 bridgehead atoms. The molecule has 1 atom stereocenters. The number of rotatable bonds is 5. The first kappa shape index (κ1) is 18.1. The fraction of sp³-hybridized carbons (Fsp3) is 0.0909. The second-order valence-electron chi connectivity index (χ2n) is 6.52. The van der Waals surface area contributed by atoms with Crippen molar-refractivity contribution in [3.8, 4) is 0 Å². The molecule has 4 aromatic rings. The van der Waals surface area contributed by atoms with Crippen LogP contribution >= 0.6 is 11.6 Å². The van der Waals surface area contributed by atoms with Gasteiger partial charge in [-0.3, -0.25) is 9.59 Å². The van der Waals surface area contributed by atoms with Crippen LogP contribution in [0.3, 0.4) is 0 Å². The van der Waals surface area contributed by atoms with Gasteiger partial charge in [-0.2, -0.15) is 0 Å². The predicted octanol–water partition coefficient (Wildman–Crippen LogP) is 4.07. The van der Waals surface area contributed by atoms with Gasteiger partial charge in [0.1, 0.15) is 0 Å². The SMILES string of the molecule is O=C(NCC(c1ccccc1Cl)c1c[nH]c2ccccc12)c1ccc(=O)[nH]c1. The molecule has 0 aliphatic rings. The lowest BCUT2D eigenvalue weighted by Crippen LogP contribution is -2.29. The molecule has 140 valence electrons. The smallest absolute Gasteiger partial charge is 0.252 e. The average Bonchev–Trinajstić information content (AvgIpc) is 3.14. The highest BCUT2D eigenvalue weighted by atomic mass is 35.5. The molecule has 2 aromatic heterocycles. The molecule has 5 nitrogen and oxygen atoms in total. The number of amides is 1. The van der Waals surface area contributed by atoms with Crippen LogP contribution in [0.25, 0.3) is 10.9 Å². The Balaban J connectivity index is 1.68. The summed E-state index contributed by atoms with van der Waals surface area (Å²) >= 11 is 6.47. The maximum Gasteiger partial charge on any atom is 0.252 e. The van der Waals surface area contributed by atoms with Gasteiger partial charge in [-0.25, -0.2) is 0 Å². The standard InChI is InChI=1S/C22H18ClN3O2/c23-19-7-3-1-5-15(19)17(18-12-24-20-8-4-2-6-16(18)20)13-26-22(28)14-9-10-21(27)25-11-14/h1-12,17,24H,13H2,(H,25,27)(H,26,28). The summed E-state index contributed by atoms with van der Waals surface area (Å²) in [4.78, 5) is 29.5. The lowest BCUT2D eigenvalue weighted by atomic mass is 9.90. The lowest BCUT2D eigenvalue weighted by Gasteiger charge is -2.19. The minimum Gasteiger partial charge on any atom is -0.361 e. The summed E-state index contributed by atoms with van der Waals surface area (Å²) in [7, 11) is 0. The fourth-order valence-electron chi connectivity index (χ4n) is 3.38. The number of hydrogen-bond donors (Lipinski definition) is 3. The number of aromatic nitrogens is 2. The van der Waals surface area contributed by atoms with Crippen molar-refractivity contribution in [3.63, 3.8) is 0 Å². The Kier molecular flexibility index (Phi) is 5.00. The van der Waals surface area contributed by atoms with Crippen LogP contribution in [0.2, 0.25) is 5.02 Å². The molecule has 3 N–H and O–H groups in total. The number of nitrogens with one attached hydrogen (secondary N) is 3. The van der Waals surface area contributed by atoms with Crippen LogP contribution in [0.5, 0.6) is 0 Å². The predicted molar refractivity (Wildman–Crippen MR) is 111 cm³/mol. The summed E-state index contributed by atoms with van der Waals surface area (Å²) in [6, 6.07) is 18.5. The normalized spacial score (nSPS) is 12.0. The van der Waals surface area contributed by atoms with E-state index in [1.165, 1.54) is 18.3 Å². The van der Waals surface area contributed by atoms with Gasteiger partial charge in [-0.05, 0) is 29.3 Å². The molecule has 1 amide bonds. The number of halogens is 1. The lowest BCUT2D eigenvalue weighted by molar-refractivity contribution is 0.0952. The van der Waals surface area contributed by atoms with Crippen LogP contribution in [-0.4, -0.2) is 22.4 Å². The minimum atomic E-state index is -0.256. The van der Waals surface area contributed by atoms with E-state index in [2.05, 4.69) is 21.4 Å². The molecular formula is C22H18ClN3O2. The van der Waals surface area contributed by atoms with Gasteiger partial charge >= 0.3 is 0 Å². The highest BCUT2D eigenvalue weighted by Gasteiger charge is 2.21. The quantitative estimate of drug-likeness (QED) is 0.479.